The van der Waals surface area contributed by atoms with E-state index in [0.717, 1.165) is 43.7 Å². The quantitative estimate of drug-likeness (QED) is 0.903. The van der Waals surface area contributed by atoms with Crippen LogP contribution in [-0.2, 0) is 4.79 Å². The normalized spacial score (nSPS) is 24.8. The smallest absolute Gasteiger partial charge is 0.249 e. The fourth-order valence-corrected chi connectivity index (χ4v) is 4.23. The first-order valence-corrected chi connectivity index (χ1v) is 9.21. The van der Waals surface area contributed by atoms with Crippen molar-refractivity contribution < 1.29 is 4.79 Å². The topological polar surface area (TPSA) is 71.3 Å². The minimum absolute atomic E-state index is 0.0436. The summed E-state index contributed by atoms with van der Waals surface area (Å²) in [5.74, 6) is 1.10. The van der Waals surface area contributed by atoms with Crippen LogP contribution in [0.25, 0.3) is 11.2 Å². The third-order valence-corrected chi connectivity index (χ3v) is 5.86. The summed E-state index contributed by atoms with van der Waals surface area (Å²) in [6.45, 7) is 4.56. The predicted molar refractivity (Wildman–Crippen MR) is 96.0 cm³/mol. The van der Waals surface area contributed by atoms with E-state index >= 15 is 0 Å². The van der Waals surface area contributed by atoms with Gasteiger partial charge in [0, 0.05) is 19.0 Å². The van der Waals surface area contributed by atoms with Crippen LogP contribution in [-0.4, -0.2) is 33.6 Å². The van der Waals surface area contributed by atoms with Crippen LogP contribution in [0.5, 0.6) is 0 Å². The van der Waals surface area contributed by atoms with E-state index in [4.69, 9.17) is 0 Å². The number of aromatic nitrogens is 3. The molecule has 0 bridgehead atoms. The number of hydrogen-bond donors (Lipinski definition) is 2. The average Bonchev–Trinajstić information content (AvgIpc) is 3.33. The van der Waals surface area contributed by atoms with Gasteiger partial charge in [-0.1, -0.05) is 19.1 Å². The van der Waals surface area contributed by atoms with E-state index < -0.39 is 0 Å². The first-order chi connectivity index (χ1) is 12.1. The molecule has 0 aromatic carbocycles. The largest absolute Gasteiger partial charge is 0.316 e. The number of carbonyl (C=O) groups is 1. The lowest BCUT2D eigenvalue weighted by Crippen LogP contribution is -2.54. The molecule has 2 fully saturated rings. The minimum atomic E-state index is 0.0436. The second-order valence-electron chi connectivity index (χ2n) is 7.95. The maximum Gasteiger partial charge on any atom is 0.249 e. The minimum Gasteiger partial charge on any atom is -0.316 e. The van der Waals surface area contributed by atoms with Crippen molar-refractivity contribution in [1.29, 1.82) is 0 Å². The summed E-state index contributed by atoms with van der Waals surface area (Å²) in [6, 6.07) is 6.07. The molecule has 25 heavy (non-hydrogen) atoms. The molecular formula is C19H23N5O. The maximum atomic E-state index is 12.0. The van der Waals surface area contributed by atoms with Crippen molar-refractivity contribution in [1.82, 2.24) is 19.9 Å². The molecule has 2 aromatic heterocycles. The molecule has 2 aliphatic carbocycles. The van der Waals surface area contributed by atoms with Gasteiger partial charge in [0.05, 0.1) is 5.69 Å². The van der Waals surface area contributed by atoms with Crippen LogP contribution >= 0.6 is 0 Å². The number of pyridine rings is 1. The van der Waals surface area contributed by atoms with Gasteiger partial charge in [-0.25, -0.2) is 4.52 Å². The molecule has 1 aliphatic heterocycles. The van der Waals surface area contributed by atoms with Crippen LogP contribution < -0.4 is 10.6 Å². The number of allylic oxidation sites excluding steroid dienone is 2. The van der Waals surface area contributed by atoms with E-state index in [-0.39, 0.29) is 11.8 Å². The molecule has 130 valence electrons. The number of nitrogens with zero attached hydrogens (tertiary/aromatic N) is 3. The number of fused-ring (bicyclic) bond motifs is 1. The monoisotopic (exact) mass is 337 g/mol. The number of rotatable bonds is 3. The Labute approximate surface area is 146 Å². The summed E-state index contributed by atoms with van der Waals surface area (Å²) in [5.41, 5.74) is 3.67. The van der Waals surface area contributed by atoms with Gasteiger partial charge >= 0.3 is 0 Å². The summed E-state index contributed by atoms with van der Waals surface area (Å²) < 4.78 is 1.88. The lowest BCUT2D eigenvalue weighted by Gasteiger charge is -2.47. The van der Waals surface area contributed by atoms with Gasteiger partial charge in [0.15, 0.2) is 5.65 Å². The zero-order chi connectivity index (χ0) is 17.0. The van der Waals surface area contributed by atoms with Crippen molar-refractivity contribution in [3.05, 3.63) is 30.0 Å². The van der Waals surface area contributed by atoms with Gasteiger partial charge in [-0.05, 0) is 54.7 Å². The van der Waals surface area contributed by atoms with Gasteiger partial charge in [-0.15, -0.1) is 5.10 Å². The summed E-state index contributed by atoms with van der Waals surface area (Å²) in [7, 11) is 0. The highest BCUT2D eigenvalue weighted by molar-refractivity contribution is 5.92. The lowest BCUT2D eigenvalue weighted by atomic mass is 9.66. The Morgan fingerprint density at radius 2 is 2.20 bits per heavy atom. The summed E-state index contributed by atoms with van der Waals surface area (Å²) in [5, 5.41) is 10.8. The van der Waals surface area contributed by atoms with Crippen LogP contribution in [0.15, 0.2) is 24.3 Å². The Hall–Kier alpha value is -2.21. The Balaban J connectivity index is 1.48. The van der Waals surface area contributed by atoms with E-state index in [1.807, 2.05) is 16.6 Å². The number of amides is 1. The van der Waals surface area contributed by atoms with Crippen molar-refractivity contribution in [3.8, 4) is 0 Å². The summed E-state index contributed by atoms with van der Waals surface area (Å²) in [4.78, 5) is 16.5. The van der Waals surface area contributed by atoms with Crippen LogP contribution in [0.1, 0.15) is 38.3 Å². The third kappa shape index (κ3) is 2.56. The molecule has 2 N–H and O–H groups in total. The molecule has 1 saturated carbocycles. The molecular weight excluding hydrogens is 314 g/mol. The molecule has 6 nitrogen and oxygen atoms in total. The standard InChI is InChI=1S/C19H23N5O/c1-12-9-19(10-20-11-19)8-7-14(12)15-3-2-4-16-21-18(23-24(15)16)22-17(25)13-5-6-13/h2-4,7,12-13,20H,5-6,8-11H2,1H3,(H,22,23,25)/t12-/m1/s1. The highest BCUT2D eigenvalue weighted by Crippen LogP contribution is 2.44. The predicted octanol–water partition coefficient (Wildman–Crippen LogP) is 2.48. The molecule has 0 unspecified atom stereocenters. The Morgan fingerprint density at radius 3 is 2.88 bits per heavy atom. The van der Waals surface area contributed by atoms with Gasteiger partial charge in [0.2, 0.25) is 11.9 Å². The molecule has 3 heterocycles. The highest BCUT2D eigenvalue weighted by atomic mass is 16.2. The third-order valence-electron chi connectivity index (χ3n) is 5.86. The number of anilines is 1. The van der Waals surface area contributed by atoms with Crippen LogP contribution in [0.3, 0.4) is 0 Å². The number of nitrogens with one attached hydrogen (secondary N) is 2. The second kappa shape index (κ2) is 5.39. The lowest BCUT2D eigenvalue weighted by molar-refractivity contribution is -0.117. The number of carbonyl (C=O) groups excluding carboxylic acids is 1. The Bertz CT molecular complexity index is 875. The summed E-state index contributed by atoms with van der Waals surface area (Å²) in [6.07, 6.45) is 6.67. The fraction of sp³-hybridized carbons (Fsp3) is 0.526. The molecule has 2 aromatic rings. The first-order valence-electron chi connectivity index (χ1n) is 9.21. The van der Waals surface area contributed by atoms with Gasteiger partial charge in [-0.3, -0.25) is 10.1 Å². The van der Waals surface area contributed by atoms with Gasteiger partial charge < -0.3 is 5.32 Å². The molecule has 1 amide bonds. The molecule has 1 atom stereocenters. The maximum absolute atomic E-state index is 12.0. The summed E-state index contributed by atoms with van der Waals surface area (Å²) >= 11 is 0. The second-order valence-corrected chi connectivity index (χ2v) is 7.95. The van der Waals surface area contributed by atoms with Crippen molar-refractivity contribution >= 4 is 23.1 Å². The van der Waals surface area contributed by atoms with Gasteiger partial charge in [0.1, 0.15) is 0 Å². The van der Waals surface area contributed by atoms with E-state index in [2.05, 4.69) is 39.8 Å². The van der Waals surface area contributed by atoms with Crippen molar-refractivity contribution in [2.75, 3.05) is 18.4 Å². The fourth-order valence-electron chi connectivity index (χ4n) is 4.23. The van der Waals surface area contributed by atoms with E-state index in [9.17, 15) is 4.79 Å². The molecule has 1 spiro atoms. The van der Waals surface area contributed by atoms with Gasteiger partial charge in [0.25, 0.3) is 0 Å². The van der Waals surface area contributed by atoms with Crippen molar-refractivity contribution in [3.63, 3.8) is 0 Å². The van der Waals surface area contributed by atoms with Crippen LogP contribution in [0.4, 0.5) is 5.95 Å². The van der Waals surface area contributed by atoms with Crippen molar-refractivity contribution in [2.24, 2.45) is 17.3 Å². The molecule has 5 rings (SSSR count). The van der Waals surface area contributed by atoms with Crippen molar-refractivity contribution in [2.45, 2.75) is 32.6 Å². The number of hydrogen-bond acceptors (Lipinski definition) is 4. The average molecular weight is 337 g/mol. The molecule has 6 heteroatoms. The Kier molecular flexibility index (Phi) is 3.25. The molecule has 3 aliphatic rings. The highest BCUT2D eigenvalue weighted by Gasteiger charge is 2.40. The molecule has 1 saturated heterocycles. The zero-order valence-electron chi connectivity index (χ0n) is 14.5. The van der Waals surface area contributed by atoms with Crippen LogP contribution in [0.2, 0.25) is 0 Å². The zero-order valence-corrected chi connectivity index (χ0v) is 14.5. The van der Waals surface area contributed by atoms with E-state index in [1.54, 1.807) is 0 Å². The first kappa shape index (κ1) is 15.1. The SMILES string of the molecule is C[C@@H]1CC2(CC=C1c1cccc3nc(NC(=O)C4CC4)nn13)CNC2. The Morgan fingerprint density at radius 1 is 1.36 bits per heavy atom. The van der Waals surface area contributed by atoms with Crippen LogP contribution in [0, 0.1) is 17.3 Å². The van der Waals surface area contributed by atoms with E-state index in [1.165, 1.54) is 12.0 Å². The van der Waals surface area contributed by atoms with E-state index in [0.29, 0.717) is 17.3 Å². The van der Waals surface area contributed by atoms with Gasteiger partial charge in [-0.2, -0.15) is 4.98 Å². The molecule has 0 radical (unpaired) electrons.